The van der Waals surface area contributed by atoms with E-state index in [9.17, 15) is 4.79 Å². The zero-order valence-corrected chi connectivity index (χ0v) is 11.6. The lowest BCUT2D eigenvalue weighted by atomic mass is 10.2. The second-order valence-electron chi connectivity index (χ2n) is 4.67. The number of nitrogens with zero attached hydrogens (tertiary/aromatic N) is 3. The molecule has 0 aliphatic heterocycles. The largest absolute Gasteiger partial charge is 0.331 e. The number of amides is 2. The summed E-state index contributed by atoms with van der Waals surface area (Å²) in [6.45, 7) is 3.60. The van der Waals surface area contributed by atoms with Crippen LogP contribution in [-0.2, 0) is 6.54 Å². The van der Waals surface area contributed by atoms with Crippen molar-refractivity contribution >= 4 is 6.03 Å². The number of urea groups is 1. The molecule has 0 saturated heterocycles. The quantitative estimate of drug-likeness (QED) is 0.727. The van der Waals surface area contributed by atoms with E-state index in [0.717, 1.165) is 31.4 Å². The summed E-state index contributed by atoms with van der Waals surface area (Å²) in [5.74, 6) is 0. The number of carbonyl (C=O) groups excluding carboxylic acids is 1. The monoisotopic (exact) mass is 249 g/mol. The van der Waals surface area contributed by atoms with Crippen molar-refractivity contribution in [1.82, 2.24) is 14.8 Å². The highest BCUT2D eigenvalue weighted by Crippen LogP contribution is 2.07. The molecule has 0 spiro atoms. The van der Waals surface area contributed by atoms with Crippen molar-refractivity contribution in [2.45, 2.75) is 32.7 Å². The van der Waals surface area contributed by atoms with E-state index in [4.69, 9.17) is 0 Å². The summed E-state index contributed by atoms with van der Waals surface area (Å²) in [5, 5.41) is 0. The topological polar surface area (TPSA) is 36.4 Å². The zero-order chi connectivity index (χ0) is 13.4. The van der Waals surface area contributed by atoms with E-state index in [-0.39, 0.29) is 6.03 Å². The van der Waals surface area contributed by atoms with Gasteiger partial charge >= 0.3 is 6.03 Å². The van der Waals surface area contributed by atoms with Crippen LogP contribution in [0, 0.1) is 0 Å². The van der Waals surface area contributed by atoms with Crippen LogP contribution in [0.15, 0.2) is 24.5 Å². The molecule has 0 fully saturated rings. The fourth-order valence-corrected chi connectivity index (χ4v) is 1.79. The molecule has 0 aromatic carbocycles. The van der Waals surface area contributed by atoms with Crippen molar-refractivity contribution in [3.8, 4) is 0 Å². The normalized spacial score (nSPS) is 10.2. The molecule has 18 heavy (non-hydrogen) atoms. The maximum absolute atomic E-state index is 12.1. The Kier molecular flexibility index (Phi) is 6.19. The van der Waals surface area contributed by atoms with Crippen molar-refractivity contribution in [3.63, 3.8) is 0 Å². The molecule has 4 heteroatoms. The van der Waals surface area contributed by atoms with E-state index < -0.39 is 0 Å². The Morgan fingerprint density at radius 1 is 1.33 bits per heavy atom. The second kappa shape index (κ2) is 7.69. The van der Waals surface area contributed by atoms with E-state index in [1.165, 1.54) is 0 Å². The Balaban J connectivity index is 2.62. The standard InChI is InChI=1S/C14H23N3O/c1-4-5-6-10-17(14(18)16(2)3)12-13-8-7-9-15-11-13/h7-9,11H,4-6,10,12H2,1-3H3. The first-order chi connectivity index (χ1) is 8.65. The third-order valence-electron chi connectivity index (χ3n) is 2.78. The summed E-state index contributed by atoms with van der Waals surface area (Å²) in [7, 11) is 3.58. The smallest absolute Gasteiger partial charge is 0.319 e. The molecule has 4 nitrogen and oxygen atoms in total. The minimum atomic E-state index is 0.0648. The van der Waals surface area contributed by atoms with Crippen molar-refractivity contribution in [2.75, 3.05) is 20.6 Å². The summed E-state index contributed by atoms with van der Waals surface area (Å²) >= 11 is 0. The van der Waals surface area contributed by atoms with E-state index in [2.05, 4.69) is 11.9 Å². The van der Waals surface area contributed by atoms with Gasteiger partial charge in [0.05, 0.1) is 0 Å². The molecule has 0 atom stereocenters. The van der Waals surface area contributed by atoms with Crippen molar-refractivity contribution in [2.24, 2.45) is 0 Å². The summed E-state index contributed by atoms with van der Waals surface area (Å²) in [5.41, 5.74) is 1.07. The van der Waals surface area contributed by atoms with Gasteiger partial charge in [-0.2, -0.15) is 0 Å². The molecule has 0 radical (unpaired) electrons. The van der Waals surface area contributed by atoms with Gasteiger partial charge in [0.2, 0.25) is 0 Å². The number of pyridine rings is 1. The van der Waals surface area contributed by atoms with Gasteiger partial charge in [0, 0.05) is 39.6 Å². The Morgan fingerprint density at radius 3 is 2.67 bits per heavy atom. The van der Waals surface area contributed by atoms with Crippen LogP contribution < -0.4 is 0 Å². The molecule has 0 bridgehead atoms. The predicted molar refractivity (Wildman–Crippen MR) is 73.3 cm³/mol. The molecule has 2 amide bonds. The fraction of sp³-hybridized carbons (Fsp3) is 0.571. The molecular formula is C14H23N3O. The molecule has 100 valence electrons. The molecule has 1 rings (SSSR count). The van der Waals surface area contributed by atoms with E-state index in [1.54, 1.807) is 25.2 Å². The van der Waals surface area contributed by atoms with Crippen LogP contribution in [0.4, 0.5) is 4.79 Å². The van der Waals surface area contributed by atoms with Gasteiger partial charge in [-0.1, -0.05) is 25.8 Å². The highest BCUT2D eigenvalue weighted by atomic mass is 16.2. The van der Waals surface area contributed by atoms with E-state index in [1.807, 2.05) is 23.2 Å². The van der Waals surface area contributed by atoms with Gasteiger partial charge in [-0.05, 0) is 18.1 Å². The molecule has 1 aromatic heterocycles. The van der Waals surface area contributed by atoms with E-state index in [0.29, 0.717) is 6.54 Å². The summed E-state index contributed by atoms with van der Waals surface area (Å²) in [6.07, 6.45) is 6.94. The van der Waals surface area contributed by atoms with Crippen LogP contribution in [0.2, 0.25) is 0 Å². The highest BCUT2D eigenvalue weighted by Gasteiger charge is 2.15. The van der Waals surface area contributed by atoms with Crippen LogP contribution in [-0.4, -0.2) is 41.5 Å². The molecule has 0 aliphatic rings. The average molecular weight is 249 g/mol. The third kappa shape index (κ3) is 4.73. The van der Waals surface area contributed by atoms with Crippen molar-refractivity contribution in [1.29, 1.82) is 0 Å². The van der Waals surface area contributed by atoms with Crippen molar-refractivity contribution in [3.05, 3.63) is 30.1 Å². The van der Waals surface area contributed by atoms with E-state index >= 15 is 0 Å². The SMILES string of the molecule is CCCCCN(Cc1cccnc1)C(=O)N(C)C. The summed E-state index contributed by atoms with van der Waals surface area (Å²) < 4.78 is 0. The Labute approximate surface area is 110 Å². The first-order valence-corrected chi connectivity index (χ1v) is 6.50. The third-order valence-corrected chi connectivity index (χ3v) is 2.78. The number of hydrogen-bond acceptors (Lipinski definition) is 2. The average Bonchev–Trinajstić information content (AvgIpc) is 2.38. The molecule has 1 heterocycles. The maximum Gasteiger partial charge on any atom is 0.319 e. The van der Waals surface area contributed by atoms with Gasteiger partial charge in [0.15, 0.2) is 0 Å². The van der Waals surface area contributed by atoms with Gasteiger partial charge in [-0.3, -0.25) is 4.98 Å². The molecular weight excluding hydrogens is 226 g/mol. The van der Waals surface area contributed by atoms with Gasteiger partial charge in [0.25, 0.3) is 0 Å². The molecule has 0 unspecified atom stereocenters. The van der Waals surface area contributed by atoms with Gasteiger partial charge < -0.3 is 9.80 Å². The summed E-state index contributed by atoms with van der Waals surface area (Å²) in [4.78, 5) is 19.7. The highest BCUT2D eigenvalue weighted by molar-refractivity contribution is 5.73. The number of rotatable bonds is 6. The second-order valence-corrected chi connectivity index (χ2v) is 4.67. The number of aromatic nitrogens is 1. The van der Waals surface area contributed by atoms with Gasteiger partial charge in [-0.15, -0.1) is 0 Å². The van der Waals surface area contributed by atoms with Gasteiger partial charge in [-0.25, -0.2) is 4.79 Å². The number of hydrogen-bond donors (Lipinski definition) is 0. The number of unbranched alkanes of at least 4 members (excludes halogenated alkanes) is 2. The first kappa shape index (κ1) is 14.5. The molecule has 0 aliphatic carbocycles. The minimum absolute atomic E-state index is 0.0648. The summed E-state index contributed by atoms with van der Waals surface area (Å²) in [6, 6.07) is 3.97. The maximum atomic E-state index is 12.1. The first-order valence-electron chi connectivity index (χ1n) is 6.50. The molecule has 0 N–H and O–H groups in total. The Morgan fingerprint density at radius 2 is 2.11 bits per heavy atom. The minimum Gasteiger partial charge on any atom is -0.331 e. The van der Waals surface area contributed by atoms with Crippen molar-refractivity contribution < 1.29 is 4.79 Å². The molecule has 0 saturated carbocycles. The molecule has 1 aromatic rings. The van der Waals surface area contributed by atoms with Crippen LogP contribution in [0.25, 0.3) is 0 Å². The van der Waals surface area contributed by atoms with Gasteiger partial charge in [0.1, 0.15) is 0 Å². The van der Waals surface area contributed by atoms with Crippen LogP contribution in [0.3, 0.4) is 0 Å². The van der Waals surface area contributed by atoms with Crippen LogP contribution in [0.5, 0.6) is 0 Å². The van der Waals surface area contributed by atoms with Crippen LogP contribution in [0.1, 0.15) is 31.7 Å². The lowest BCUT2D eigenvalue weighted by molar-refractivity contribution is 0.167. The van der Waals surface area contributed by atoms with Crippen LogP contribution >= 0.6 is 0 Å². The predicted octanol–water partition coefficient (Wildman–Crippen LogP) is 2.76. The number of carbonyl (C=O) groups is 1. The fourth-order valence-electron chi connectivity index (χ4n) is 1.79. The zero-order valence-electron chi connectivity index (χ0n) is 11.6. The Bertz CT molecular complexity index is 351. The lowest BCUT2D eigenvalue weighted by Crippen LogP contribution is -2.39. The Hall–Kier alpha value is -1.58. The lowest BCUT2D eigenvalue weighted by Gasteiger charge is -2.26.